The third kappa shape index (κ3) is 5.03. The van der Waals surface area contributed by atoms with Gasteiger partial charge in [-0.2, -0.15) is 0 Å². The van der Waals surface area contributed by atoms with Crippen LogP contribution in [0, 0.1) is 13.8 Å². The molecule has 0 saturated carbocycles. The first-order chi connectivity index (χ1) is 16.7. The molecule has 0 saturated heterocycles. The van der Waals surface area contributed by atoms with E-state index in [1.165, 1.54) is 4.90 Å². The Labute approximate surface area is 203 Å². The molecule has 0 radical (unpaired) electrons. The van der Waals surface area contributed by atoms with Crippen molar-refractivity contribution in [1.82, 2.24) is 5.16 Å². The van der Waals surface area contributed by atoms with Crippen molar-refractivity contribution in [3.63, 3.8) is 0 Å². The van der Waals surface area contributed by atoms with E-state index < -0.39 is 24.0 Å². The number of carbonyl (C=O) groups excluding carboxylic acids is 3. The number of anilines is 2. The topological polar surface area (TPSA) is 111 Å². The minimum Gasteiger partial charge on any atom is -0.489 e. The number of hydrogen-bond donors (Lipinski definition) is 1. The van der Waals surface area contributed by atoms with Crippen LogP contribution in [0.3, 0.4) is 0 Å². The van der Waals surface area contributed by atoms with Gasteiger partial charge in [-0.15, -0.1) is 0 Å². The van der Waals surface area contributed by atoms with Crippen LogP contribution in [0.2, 0.25) is 0 Å². The zero-order valence-electron chi connectivity index (χ0n) is 20.1. The summed E-state index contributed by atoms with van der Waals surface area (Å²) in [5.74, 6) is 0.0200. The summed E-state index contributed by atoms with van der Waals surface area (Å²) in [6.45, 7) is 6.84. The van der Waals surface area contributed by atoms with E-state index in [9.17, 15) is 14.4 Å². The Bertz CT molecular complexity index is 1240. The van der Waals surface area contributed by atoms with Gasteiger partial charge in [-0.05, 0) is 57.5 Å². The summed E-state index contributed by atoms with van der Waals surface area (Å²) >= 11 is 0. The quantitative estimate of drug-likeness (QED) is 0.516. The minimum absolute atomic E-state index is 0.00209. The van der Waals surface area contributed by atoms with Crippen molar-refractivity contribution < 1.29 is 28.4 Å². The number of rotatable bonds is 7. The first kappa shape index (κ1) is 24.0. The number of carbonyl (C=O) groups is 3. The van der Waals surface area contributed by atoms with E-state index in [2.05, 4.69) is 10.5 Å². The zero-order valence-corrected chi connectivity index (χ0v) is 20.1. The average molecular weight is 478 g/mol. The van der Waals surface area contributed by atoms with E-state index >= 15 is 0 Å². The van der Waals surface area contributed by atoms with Gasteiger partial charge in [-0.25, -0.2) is 0 Å². The lowest BCUT2D eigenvalue weighted by atomic mass is 9.96. The van der Waals surface area contributed by atoms with Crippen LogP contribution in [0.25, 0.3) is 0 Å². The summed E-state index contributed by atoms with van der Waals surface area (Å²) in [7, 11) is 0. The summed E-state index contributed by atoms with van der Waals surface area (Å²) in [6.07, 6.45) is -0.00209. The van der Waals surface area contributed by atoms with Crippen molar-refractivity contribution >= 4 is 29.2 Å². The molecule has 0 fully saturated rings. The third-order valence-corrected chi connectivity index (χ3v) is 5.95. The fraction of sp³-hybridized carbons (Fsp3) is 0.308. The lowest BCUT2D eigenvalue weighted by Crippen LogP contribution is -2.59. The number of ether oxygens (including phenoxy) is 2. The number of aromatic nitrogens is 1. The van der Waals surface area contributed by atoms with Crippen molar-refractivity contribution in [2.45, 2.75) is 46.3 Å². The van der Waals surface area contributed by atoms with E-state index in [-0.39, 0.29) is 12.3 Å². The van der Waals surface area contributed by atoms with Gasteiger partial charge in [0.25, 0.3) is 5.91 Å². The van der Waals surface area contributed by atoms with Gasteiger partial charge in [0.05, 0.1) is 29.1 Å². The number of fused-ring (bicyclic) bond motifs is 1. The molecule has 1 aliphatic rings. The molecule has 182 valence electrons. The van der Waals surface area contributed by atoms with Crippen LogP contribution >= 0.6 is 0 Å². The maximum atomic E-state index is 13.0. The van der Waals surface area contributed by atoms with Crippen LogP contribution in [-0.4, -0.2) is 35.1 Å². The van der Waals surface area contributed by atoms with Crippen LogP contribution in [0.4, 0.5) is 11.4 Å². The third-order valence-electron chi connectivity index (χ3n) is 5.95. The Morgan fingerprint density at radius 2 is 1.80 bits per heavy atom. The monoisotopic (exact) mass is 477 g/mol. The van der Waals surface area contributed by atoms with Crippen LogP contribution in [-0.2, 0) is 32.1 Å². The SMILES string of the molecule is Cc1noc(C)c1COc1ccc(CC(=O)OCC(=O)N2c3ccccc3NC(=O)C2(C)C)cc1. The first-order valence-corrected chi connectivity index (χ1v) is 11.2. The maximum Gasteiger partial charge on any atom is 0.310 e. The van der Waals surface area contributed by atoms with Gasteiger partial charge in [0.2, 0.25) is 5.91 Å². The number of nitrogens with one attached hydrogen (secondary N) is 1. The Kier molecular flexibility index (Phi) is 6.59. The second-order valence-electron chi connectivity index (χ2n) is 8.83. The normalized spacial score (nSPS) is 14.2. The summed E-state index contributed by atoms with van der Waals surface area (Å²) < 4.78 is 16.2. The van der Waals surface area contributed by atoms with Crippen LogP contribution < -0.4 is 15.0 Å². The smallest absolute Gasteiger partial charge is 0.310 e. The van der Waals surface area contributed by atoms with Gasteiger partial charge in [0, 0.05) is 0 Å². The highest BCUT2D eigenvalue weighted by Crippen LogP contribution is 2.36. The lowest BCUT2D eigenvalue weighted by Gasteiger charge is -2.41. The number of esters is 1. The molecule has 0 atom stereocenters. The van der Waals surface area contributed by atoms with Crippen LogP contribution in [0.15, 0.2) is 53.1 Å². The number of benzene rings is 2. The van der Waals surface area contributed by atoms with E-state index in [0.29, 0.717) is 29.5 Å². The summed E-state index contributed by atoms with van der Waals surface area (Å²) in [5.41, 5.74) is 2.37. The molecule has 0 unspecified atom stereocenters. The molecule has 2 heterocycles. The van der Waals surface area contributed by atoms with Crippen LogP contribution in [0.1, 0.15) is 36.4 Å². The second-order valence-corrected chi connectivity index (χ2v) is 8.83. The zero-order chi connectivity index (χ0) is 25.2. The fourth-order valence-electron chi connectivity index (χ4n) is 3.89. The number of aryl methyl sites for hydroxylation is 2. The van der Waals surface area contributed by atoms with E-state index in [1.54, 1.807) is 62.4 Å². The number of amides is 2. The molecule has 2 aromatic carbocycles. The summed E-state index contributed by atoms with van der Waals surface area (Å²) in [4.78, 5) is 39.3. The first-order valence-electron chi connectivity index (χ1n) is 11.2. The molecule has 0 aliphatic carbocycles. The molecule has 9 nitrogen and oxygen atoms in total. The highest BCUT2D eigenvalue weighted by molar-refractivity contribution is 6.14. The van der Waals surface area contributed by atoms with Gasteiger partial charge in [0.1, 0.15) is 23.7 Å². The lowest BCUT2D eigenvalue weighted by molar-refractivity contribution is -0.147. The molecule has 4 rings (SSSR count). The van der Waals surface area contributed by atoms with Gasteiger partial charge in [-0.3, -0.25) is 19.3 Å². The van der Waals surface area contributed by atoms with Crippen molar-refractivity contribution in [2.24, 2.45) is 0 Å². The summed E-state index contributed by atoms with van der Waals surface area (Å²) in [5, 5.41) is 6.71. The highest BCUT2D eigenvalue weighted by Gasteiger charge is 2.43. The van der Waals surface area contributed by atoms with Crippen molar-refractivity contribution in [1.29, 1.82) is 0 Å². The van der Waals surface area contributed by atoms with Gasteiger partial charge < -0.3 is 19.3 Å². The average Bonchev–Trinajstić information content (AvgIpc) is 3.15. The van der Waals surface area contributed by atoms with Crippen molar-refractivity contribution in [3.05, 3.63) is 71.1 Å². The van der Waals surface area contributed by atoms with Gasteiger partial charge in [0.15, 0.2) is 6.61 Å². The Balaban J connectivity index is 1.33. The van der Waals surface area contributed by atoms with Crippen molar-refractivity contribution in [3.8, 4) is 5.75 Å². The molecular weight excluding hydrogens is 450 g/mol. The van der Waals surface area contributed by atoms with E-state index in [0.717, 1.165) is 16.8 Å². The molecule has 1 aromatic heterocycles. The molecule has 2 amide bonds. The summed E-state index contributed by atoms with van der Waals surface area (Å²) in [6, 6.07) is 14.1. The van der Waals surface area contributed by atoms with Crippen LogP contribution in [0.5, 0.6) is 5.75 Å². The van der Waals surface area contributed by atoms with Gasteiger partial charge >= 0.3 is 5.97 Å². The standard InChI is InChI=1S/C26H27N3O6/c1-16-20(17(2)35-28-16)14-33-19-11-9-18(10-12-19)13-24(31)34-15-23(30)29-22-8-6-5-7-21(22)27-25(32)26(29,3)4/h5-12H,13-15H2,1-4H3,(H,27,32). The highest BCUT2D eigenvalue weighted by atomic mass is 16.5. The molecule has 3 aromatic rings. The Hall–Kier alpha value is -4.14. The van der Waals surface area contributed by atoms with E-state index in [4.69, 9.17) is 14.0 Å². The molecule has 35 heavy (non-hydrogen) atoms. The van der Waals surface area contributed by atoms with Gasteiger partial charge in [-0.1, -0.05) is 29.4 Å². The molecule has 9 heteroatoms. The van der Waals surface area contributed by atoms with E-state index in [1.807, 2.05) is 13.8 Å². The maximum absolute atomic E-state index is 13.0. The minimum atomic E-state index is -1.13. The number of para-hydroxylation sites is 2. The Morgan fingerprint density at radius 1 is 1.09 bits per heavy atom. The molecule has 1 N–H and O–H groups in total. The molecule has 0 bridgehead atoms. The largest absolute Gasteiger partial charge is 0.489 e. The molecule has 1 aliphatic heterocycles. The predicted molar refractivity (Wildman–Crippen MR) is 128 cm³/mol. The number of nitrogens with zero attached hydrogens (tertiary/aromatic N) is 2. The number of hydrogen-bond acceptors (Lipinski definition) is 7. The fourth-order valence-corrected chi connectivity index (χ4v) is 3.89. The second kappa shape index (κ2) is 9.61. The molecule has 0 spiro atoms. The molecular formula is C26H27N3O6. The Morgan fingerprint density at radius 3 is 2.49 bits per heavy atom. The van der Waals surface area contributed by atoms with Crippen molar-refractivity contribution in [2.75, 3.05) is 16.8 Å². The predicted octanol–water partition coefficient (Wildman–Crippen LogP) is 3.72.